The van der Waals surface area contributed by atoms with Gasteiger partial charge in [-0.25, -0.2) is 0 Å². The minimum Gasteiger partial charge on any atom is -0.396 e. The topological polar surface area (TPSA) is 49.3 Å². The van der Waals surface area contributed by atoms with Crippen LogP contribution in [0.2, 0.25) is 5.02 Å². The summed E-state index contributed by atoms with van der Waals surface area (Å²) in [6.45, 7) is 2.42. The van der Waals surface area contributed by atoms with E-state index in [9.17, 15) is 4.79 Å². The third-order valence-corrected chi connectivity index (χ3v) is 3.42. The molecule has 0 aromatic carbocycles. The van der Waals surface area contributed by atoms with Crippen LogP contribution in [-0.2, 0) is 0 Å². The van der Waals surface area contributed by atoms with Crippen molar-refractivity contribution in [3.8, 4) is 0 Å². The van der Waals surface area contributed by atoms with Crippen LogP contribution in [0.5, 0.6) is 0 Å². The van der Waals surface area contributed by atoms with Crippen molar-refractivity contribution in [1.29, 1.82) is 0 Å². The molecule has 0 saturated heterocycles. The van der Waals surface area contributed by atoms with Crippen LogP contribution in [0.25, 0.3) is 0 Å². The van der Waals surface area contributed by atoms with Gasteiger partial charge in [0.05, 0.1) is 5.02 Å². The molecule has 1 aromatic rings. The highest BCUT2D eigenvalue weighted by Gasteiger charge is 2.13. The van der Waals surface area contributed by atoms with Gasteiger partial charge in [-0.15, -0.1) is 11.3 Å². The number of hydrogen-bond acceptors (Lipinski definition) is 3. The molecule has 14 heavy (non-hydrogen) atoms. The van der Waals surface area contributed by atoms with Gasteiger partial charge in [-0.2, -0.15) is 0 Å². The zero-order valence-corrected chi connectivity index (χ0v) is 9.41. The van der Waals surface area contributed by atoms with Crippen LogP contribution in [0, 0.1) is 6.92 Å². The normalized spacial score (nSPS) is 10.2. The lowest BCUT2D eigenvalue weighted by Crippen LogP contribution is -2.24. The molecule has 0 atom stereocenters. The Labute approximate surface area is 91.7 Å². The fourth-order valence-electron chi connectivity index (χ4n) is 0.944. The largest absolute Gasteiger partial charge is 0.396 e. The lowest BCUT2D eigenvalue weighted by atomic mass is 10.3. The van der Waals surface area contributed by atoms with Crippen molar-refractivity contribution in [2.24, 2.45) is 0 Å². The summed E-state index contributed by atoms with van der Waals surface area (Å²) in [4.78, 5) is 12.0. The fraction of sp³-hybridized carbons (Fsp3) is 0.444. The van der Waals surface area contributed by atoms with Crippen LogP contribution in [-0.4, -0.2) is 24.2 Å². The molecule has 1 aromatic heterocycles. The van der Waals surface area contributed by atoms with E-state index < -0.39 is 0 Å². The molecule has 5 heteroatoms. The molecule has 0 radical (unpaired) electrons. The van der Waals surface area contributed by atoms with Gasteiger partial charge in [0.2, 0.25) is 0 Å². The van der Waals surface area contributed by atoms with Gasteiger partial charge in [0, 0.05) is 13.2 Å². The number of rotatable bonds is 4. The molecule has 1 rings (SSSR count). The number of aryl methyl sites for hydroxylation is 1. The molecule has 0 aliphatic carbocycles. The van der Waals surface area contributed by atoms with Crippen molar-refractivity contribution >= 4 is 28.8 Å². The lowest BCUT2D eigenvalue weighted by Gasteiger charge is -2.01. The standard InChI is InChI=1S/C9H12ClNO2S/c1-6-5-14-8(7(6)10)9(13)11-3-2-4-12/h5,12H,2-4H2,1H3,(H,11,13). The summed E-state index contributed by atoms with van der Waals surface area (Å²) in [5.74, 6) is -0.165. The Morgan fingerprint density at radius 2 is 2.43 bits per heavy atom. The average molecular weight is 234 g/mol. The zero-order valence-electron chi connectivity index (χ0n) is 7.84. The summed E-state index contributed by atoms with van der Waals surface area (Å²) in [6.07, 6.45) is 0.563. The highest BCUT2D eigenvalue weighted by molar-refractivity contribution is 7.13. The van der Waals surface area contributed by atoms with Crippen LogP contribution in [0.3, 0.4) is 0 Å². The Hall–Kier alpha value is -0.580. The Balaban J connectivity index is 2.56. The van der Waals surface area contributed by atoms with Crippen molar-refractivity contribution in [3.05, 3.63) is 20.8 Å². The highest BCUT2D eigenvalue weighted by Crippen LogP contribution is 2.26. The number of thiophene rings is 1. The molecule has 78 valence electrons. The van der Waals surface area contributed by atoms with Crippen LogP contribution >= 0.6 is 22.9 Å². The highest BCUT2D eigenvalue weighted by atomic mass is 35.5. The van der Waals surface area contributed by atoms with Gasteiger partial charge in [-0.3, -0.25) is 4.79 Å². The third-order valence-electron chi connectivity index (χ3n) is 1.73. The van der Waals surface area contributed by atoms with E-state index in [0.29, 0.717) is 22.9 Å². The van der Waals surface area contributed by atoms with E-state index >= 15 is 0 Å². The van der Waals surface area contributed by atoms with Crippen molar-refractivity contribution in [2.75, 3.05) is 13.2 Å². The molecule has 0 aliphatic heterocycles. The summed E-state index contributed by atoms with van der Waals surface area (Å²) in [7, 11) is 0. The van der Waals surface area contributed by atoms with Crippen LogP contribution in [0.4, 0.5) is 0 Å². The Morgan fingerprint density at radius 3 is 2.93 bits per heavy atom. The molecule has 0 unspecified atom stereocenters. The molecule has 3 nitrogen and oxygen atoms in total. The van der Waals surface area contributed by atoms with Gasteiger partial charge in [0.25, 0.3) is 5.91 Å². The SMILES string of the molecule is Cc1csc(C(=O)NCCCO)c1Cl. The molecule has 1 amide bonds. The molecule has 0 fully saturated rings. The zero-order chi connectivity index (χ0) is 10.6. The Morgan fingerprint density at radius 1 is 1.71 bits per heavy atom. The van der Waals surface area contributed by atoms with Crippen LogP contribution in [0.15, 0.2) is 5.38 Å². The fourth-order valence-corrected chi connectivity index (χ4v) is 2.14. The predicted molar refractivity (Wildman–Crippen MR) is 58.1 cm³/mol. The van der Waals surface area contributed by atoms with Crippen LogP contribution in [0.1, 0.15) is 21.7 Å². The number of carbonyl (C=O) groups is 1. The van der Waals surface area contributed by atoms with Crippen molar-refractivity contribution in [1.82, 2.24) is 5.32 Å². The molecule has 0 aliphatic rings. The first-order chi connectivity index (χ1) is 6.66. The minimum atomic E-state index is -0.165. The number of nitrogens with one attached hydrogen (secondary N) is 1. The second-order valence-corrected chi connectivity index (χ2v) is 4.15. The second-order valence-electron chi connectivity index (χ2n) is 2.89. The summed E-state index contributed by atoms with van der Waals surface area (Å²) < 4.78 is 0. The predicted octanol–water partition coefficient (Wildman–Crippen LogP) is 1.82. The molecule has 0 saturated carbocycles. The second kappa shape index (κ2) is 5.34. The first-order valence-corrected chi connectivity index (χ1v) is 5.55. The molecular weight excluding hydrogens is 222 g/mol. The number of carbonyl (C=O) groups excluding carboxylic acids is 1. The first-order valence-electron chi connectivity index (χ1n) is 4.29. The number of halogens is 1. The Bertz CT molecular complexity index is 325. The summed E-state index contributed by atoms with van der Waals surface area (Å²) in [6, 6.07) is 0. The molecule has 0 spiro atoms. The molecule has 1 heterocycles. The minimum absolute atomic E-state index is 0.0808. The number of amides is 1. The van der Waals surface area contributed by atoms with Crippen LogP contribution < -0.4 is 5.32 Å². The number of hydrogen-bond donors (Lipinski definition) is 2. The maximum atomic E-state index is 11.5. The smallest absolute Gasteiger partial charge is 0.262 e. The van der Waals surface area contributed by atoms with Crippen molar-refractivity contribution < 1.29 is 9.90 Å². The average Bonchev–Trinajstić information content (AvgIpc) is 2.48. The van der Waals surface area contributed by atoms with E-state index in [1.807, 2.05) is 12.3 Å². The van der Waals surface area contributed by atoms with E-state index in [1.54, 1.807) is 0 Å². The van der Waals surface area contributed by atoms with E-state index in [-0.39, 0.29) is 12.5 Å². The number of aliphatic hydroxyl groups is 1. The third kappa shape index (κ3) is 2.70. The van der Waals surface area contributed by atoms with E-state index in [1.165, 1.54) is 11.3 Å². The quantitative estimate of drug-likeness (QED) is 0.780. The van der Waals surface area contributed by atoms with E-state index in [0.717, 1.165) is 5.56 Å². The first kappa shape index (κ1) is 11.5. The molecule has 0 bridgehead atoms. The van der Waals surface area contributed by atoms with Gasteiger partial charge in [-0.1, -0.05) is 11.6 Å². The van der Waals surface area contributed by atoms with Gasteiger partial charge in [0.1, 0.15) is 4.88 Å². The summed E-state index contributed by atoms with van der Waals surface area (Å²) >= 11 is 7.25. The number of aliphatic hydroxyl groups excluding tert-OH is 1. The molecule has 2 N–H and O–H groups in total. The van der Waals surface area contributed by atoms with Crippen molar-refractivity contribution in [3.63, 3.8) is 0 Å². The summed E-state index contributed by atoms with van der Waals surface area (Å²) in [5, 5.41) is 13.6. The maximum absolute atomic E-state index is 11.5. The maximum Gasteiger partial charge on any atom is 0.262 e. The van der Waals surface area contributed by atoms with Gasteiger partial charge in [0.15, 0.2) is 0 Å². The van der Waals surface area contributed by atoms with Gasteiger partial charge in [-0.05, 0) is 24.3 Å². The van der Waals surface area contributed by atoms with E-state index in [4.69, 9.17) is 16.7 Å². The molecular formula is C9H12ClNO2S. The Kier molecular flexibility index (Phi) is 4.38. The monoisotopic (exact) mass is 233 g/mol. The van der Waals surface area contributed by atoms with Crippen molar-refractivity contribution in [2.45, 2.75) is 13.3 Å². The summed E-state index contributed by atoms with van der Waals surface area (Å²) in [5.41, 5.74) is 0.920. The van der Waals surface area contributed by atoms with Gasteiger partial charge >= 0.3 is 0 Å². The lowest BCUT2D eigenvalue weighted by molar-refractivity contribution is 0.0955. The van der Waals surface area contributed by atoms with Gasteiger partial charge < -0.3 is 10.4 Å². The van der Waals surface area contributed by atoms with E-state index in [2.05, 4.69) is 5.32 Å².